The molecule has 0 spiro atoms. The Morgan fingerprint density at radius 1 is 1.50 bits per heavy atom. The van der Waals surface area contributed by atoms with Gasteiger partial charge in [-0.15, -0.1) is 0 Å². The van der Waals surface area contributed by atoms with E-state index < -0.39 is 10.9 Å². The van der Waals surface area contributed by atoms with E-state index in [2.05, 4.69) is 10.1 Å². The number of nitro benzene ring substituents is 1. The van der Waals surface area contributed by atoms with Gasteiger partial charge in [0, 0.05) is 12.1 Å². The summed E-state index contributed by atoms with van der Waals surface area (Å²) in [5.41, 5.74) is 0.673. The van der Waals surface area contributed by atoms with Crippen molar-refractivity contribution >= 4 is 17.3 Å². The molecule has 0 unspecified atom stereocenters. The average molecular weight is 250 g/mol. The van der Waals surface area contributed by atoms with Crippen LogP contribution in [0.2, 0.25) is 0 Å². The molecule has 6 nitrogen and oxygen atoms in total. The third kappa shape index (κ3) is 2.42. The monoisotopic (exact) mass is 250 g/mol. The lowest BCUT2D eigenvalue weighted by molar-refractivity contribution is -0.384. The zero-order valence-electron chi connectivity index (χ0n) is 10.0. The Hall–Kier alpha value is -2.11. The van der Waals surface area contributed by atoms with Gasteiger partial charge in [-0.3, -0.25) is 10.1 Å². The van der Waals surface area contributed by atoms with E-state index in [4.69, 9.17) is 0 Å². The Bertz CT molecular complexity index is 483. The van der Waals surface area contributed by atoms with Crippen molar-refractivity contribution in [1.29, 1.82) is 0 Å². The molecule has 0 saturated heterocycles. The van der Waals surface area contributed by atoms with Gasteiger partial charge in [0.25, 0.3) is 5.69 Å². The molecule has 1 N–H and O–H groups in total. The molecule has 1 saturated carbocycles. The van der Waals surface area contributed by atoms with Crippen LogP contribution < -0.4 is 5.32 Å². The Morgan fingerprint density at radius 3 is 2.72 bits per heavy atom. The molecule has 1 aliphatic carbocycles. The largest absolute Gasteiger partial charge is 0.465 e. The van der Waals surface area contributed by atoms with Gasteiger partial charge in [0.2, 0.25) is 0 Å². The Balaban J connectivity index is 2.30. The summed E-state index contributed by atoms with van der Waals surface area (Å²) in [4.78, 5) is 21.8. The van der Waals surface area contributed by atoms with E-state index in [-0.39, 0.29) is 11.7 Å². The lowest BCUT2D eigenvalue weighted by Crippen LogP contribution is -2.27. The highest BCUT2D eigenvalue weighted by Gasteiger charge is 2.23. The first kappa shape index (κ1) is 12.3. The predicted molar refractivity (Wildman–Crippen MR) is 65.7 cm³/mol. The fraction of sp³-hybridized carbons (Fsp3) is 0.417. The number of nitro groups is 1. The minimum Gasteiger partial charge on any atom is -0.465 e. The molecule has 1 aromatic carbocycles. The minimum absolute atomic E-state index is 0.0189. The second-order valence-corrected chi connectivity index (χ2v) is 4.25. The van der Waals surface area contributed by atoms with Gasteiger partial charge in [-0.05, 0) is 31.4 Å². The third-order valence-corrected chi connectivity index (χ3v) is 3.08. The average Bonchev–Trinajstić information content (AvgIpc) is 2.32. The number of esters is 1. The van der Waals surface area contributed by atoms with Gasteiger partial charge in [-0.1, -0.05) is 0 Å². The molecule has 0 bridgehead atoms. The lowest BCUT2D eigenvalue weighted by atomic mass is 9.93. The maximum Gasteiger partial charge on any atom is 0.337 e. The number of hydrogen-bond donors (Lipinski definition) is 1. The summed E-state index contributed by atoms with van der Waals surface area (Å²) in [6, 6.07) is 4.46. The van der Waals surface area contributed by atoms with Gasteiger partial charge in [-0.25, -0.2) is 4.79 Å². The number of benzene rings is 1. The molecule has 6 heteroatoms. The van der Waals surface area contributed by atoms with E-state index in [0.717, 1.165) is 19.3 Å². The van der Waals surface area contributed by atoms with Gasteiger partial charge in [-0.2, -0.15) is 0 Å². The summed E-state index contributed by atoms with van der Waals surface area (Å²) in [5.74, 6) is -0.499. The minimum atomic E-state index is -0.499. The highest BCUT2D eigenvalue weighted by atomic mass is 16.6. The molecule has 1 aromatic rings. The first-order valence-corrected chi connectivity index (χ1v) is 5.75. The normalized spacial score (nSPS) is 14.7. The number of ether oxygens (including phenoxy) is 1. The fourth-order valence-corrected chi connectivity index (χ4v) is 1.83. The Kier molecular flexibility index (Phi) is 3.45. The van der Waals surface area contributed by atoms with Crippen molar-refractivity contribution < 1.29 is 14.5 Å². The van der Waals surface area contributed by atoms with Crippen LogP contribution in [0.15, 0.2) is 18.2 Å². The molecule has 1 fully saturated rings. The van der Waals surface area contributed by atoms with Crippen LogP contribution in [0.4, 0.5) is 11.4 Å². The van der Waals surface area contributed by atoms with Crippen molar-refractivity contribution in [3.8, 4) is 0 Å². The van der Waals surface area contributed by atoms with Gasteiger partial charge in [0.05, 0.1) is 17.6 Å². The number of nitrogens with zero attached hydrogens (tertiary/aromatic N) is 1. The Labute approximate surface area is 104 Å². The van der Waals surface area contributed by atoms with E-state index >= 15 is 0 Å². The van der Waals surface area contributed by atoms with Crippen LogP contribution in [-0.4, -0.2) is 24.0 Å². The second-order valence-electron chi connectivity index (χ2n) is 4.25. The highest BCUT2D eigenvalue weighted by Crippen LogP contribution is 2.30. The second kappa shape index (κ2) is 5.03. The Morgan fingerprint density at radius 2 is 2.22 bits per heavy atom. The number of methoxy groups -OCH3 is 1. The quantitative estimate of drug-likeness (QED) is 0.504. The van der Waals surface area contributed by atoms with Gasteiger partial charge >= 0.3 is 5.97 Å². The van der Waals surface area contributed by atoms with Gasteiger partial charge < -0.3 is 10.1 Å². The van der Waals surface area contributed by atoms with E-state index in [1.54, 1.807) is 0 Å². The van der Waals surface area contributed by atoms with Crippen molar-refractivity contribution in [3.05, 3.63) is 33.9 Å². The molecular formula is C12H14N2O4. The number of carbonyl (C=O) groups is 1. The summed E-state index contributed by atoms with van der Waals surface area (Å²) in [6.07, 6.45) is 3.13. The number of rotatable bonds is 4. The van der Waals surface area contributed by atoms with Crippen molar-refractivity contribution in [1.82, 2.24) is 0 Å². The van der Waals surface area contributed by atoms with Crippen molar-refractivity contribution in [2.24, 2.45) is 0 Å². The summed E-state index contributed by atoms with van der Waals surface area (Å²) in [7, 11) is 1.28. The number of nitrogens with one attached hydrogen (secondary N) is 1. The number of carbonyl (C=O) groups excluding carboxylic acids is 1. The summed E-state index contributed by atoms with van der Waals surface area (Å²) in [5, 5.41) is 14.0. The van der Waals surface area contributed by atoms with E-state index in [1.165, 1.54) is 25.3 Å². The number of anilines is 1. The van der Waals surface area contributed by atoms with Crippen LogP contribution in [0.25, 0.3) is 0 Å². The topological polar surface area (TPSA) is 81.5 Å². The number of hydrogen-bond acceptors (Lipinski definition) is 5. The molecule has 2 rings (SSSR count). The van der Waals surface area contributed by atoms with Crippen LogP contribution in [0, 0.1) is 10.1 Å². The summed E-state index contributed by atoms with van der Waals surface area (Å²) in [6.45, 7) is 0. The SMILES string of the molecule is COC(=O)c1ccc([N+](=O)[O-])c(NC2CCC2)c1. The smallest absolute Gasteiger partial charge is 0.337 e. The first-order valence-electron chi connectivity index (χ1n) is 5.75. The van der Waals surface area contributed by atoms with Crippen LogP contribution in [0.5, 0.6) is 0 Å². The van der Waals surface area contributed by atoms with Crippen LogP contribution >= 0.6 is 0 Å². The third-order valence-electron chi connectivity index (χ3n) is 3.08. The zero-order valence-corrected chi connectivity index (χ0v) is 10.0. The van der Waals surface area contributed by atoms with Crippen molar-refractivity contribution in [2.45, 2.75) is 25.3 Å². The lowest BCUT2D eigenvalue weighted by Gasteiger charge is -2.27. The molecule has 0 aliphatic heterocycles. The maximum absolute atomic E-state index is 11.4. The van der Waals surface area contributed by atoms with Crippen LogP contribution in [0.3, 0.4) is 0 Å². The van der Waals surface area contributed by atoms with E-state index in [1.807, 2.05) is 0 Å². The molecule has 0 aromatic heterocycles. The molecule has 0 heterocycles. The maximum atomic E-state index is 11.4. The molecule has 0 atom stereocenters. The molecule has 18 heavy (non-hydrogen) atoms. The van der Waals surface area contributed by atoms with Crippen LogP contribution in [-0.2, 0) is 4.74 Å². The van der Waals surface area contributed by atoms with Crippen LogP contribution in [0.1, 0.15) is 29.6 Å². The summed E-state index contributed by atoms with van der Waals surface area (Å²) >= 11 is 0. The van der Waals surface area contributed by atoms with Gasteiger partial charge in [0.15, 0.2) is 0 Å². The summed E-state index contributed by atoms with van der Waals surface area (Å²) < 4.78 is 4.60. The standard InChI is InChI=1S/C12H14N2O4/c1-18-12(15)8-5-6-11(14(16)17)10(7-8)13-9-3-2-4-9/h5-7,9,13H,2-4H2,1H3. The first-order chi connectivity index (χ1) is 8.61. The molecule has 0 radical (unpaired) electrons. The van der Waals surface area contributed by atoms with Crippen molar-refractivity contribution in [2.75, 3.05) is 12.4 Å². The molecule has 96 valence electrons. The van der Waals surface area contributed by atoms with Gasteiger partial charge in [0.1, 0.15) is 5.69 Å². The predicted octanol–water partition coefficient (Wildman–Crippen LogP) is 2.35. The molecular weight excluding hydrogens is 236 g/mol. The molecule has 0 amide bonds. The van der Waals surface area contributed by atoms with E-state index in [9.17, 15) is 14.9 Å². The highest BCUT2D eigenvalue weighted by molar-refractivity contribution is 5.91. The van der Waals surface area contributed by atoms with Crippen molar-refractivity contribution in [3.63, 3.8) is 0 Å². The van der Waals surface area contributed by atoms with E-state index in [0.29, 0.717) is 11.3 Å². The fourth-order valence-electron chi connectivity index (χ4n) is 1.83. The molecule has 1 aliphatic rings. The zero-order chi connectivity index (χ0) is 13.1.